The fraction of sp³-hybridized carbons (Fsp3) is 0.643. The van der Waals surface area contributed by atoms with Gasteiger partial charge in [-0.05, 0) is 18.6 Å². The van der Waals surface area contributed by atoms with Crippen molar-refractivity contribution in [3.63, 3.8) is 0 Å². The predicted octanol–water partition coefficient (Wildman–Crippen LogP) is 4.33. The van der Waals surface area contributed by atoms with Crippen LogP contribution in [0.3, 0.4) is 0 Å². The maximum atomic E-state index is 4.45. The van der Waals surface area contributed by atoms with E-state index >= 15 is 0 Å². The molecule has 0 atom stereocenters. The number of pyridine rings is 1. The Labute approximate surface area is 93.9 Å². The Morgan fingerprint density at radius 1 is 1.13 bits per heavy atom. The van der Waals surface area contributed by atoms with Crippen LogP contribution in [0.2, 0.25) is 0 Å². The number of hydrogen-bond acceptors (Lipinski definition) is 1. The summed E-state index contributed by atoms with van der Waals surface area (Å²) >= 11 is 0. The van der Waals surface area contributed by atoms with Crippen LogP contribution >= 0.6 is 0 Å². The second-order valence-electron chi connectivity index (χ2n) is 4.91. The summed E-state index contributed by atoms with van der Waals surface area (Å²) in [7, 11) is 0. The molecule has 0 N–H and O–H groups in total. The Hall–Kier alpha value is -0.850. The maximum Gasteiger partial charge on any atom is 0.0459 e. The van der Waals surface area contributed by atoms with Gasteiger partial charge in [-0.1, -0.05) is 52.5 Å². The van der Waals surface area contributed by atoms with E-state index < -0.39 is 0 Å². The summed E-state index contributed by atoms with van der Waals surface area (Å²) in [5, 5.41) is 0. The predicted molar refractivity (Wildman–Crippen MR) is 66.0 cm³/mol. The summed E-state index contributed by atoms with van der Waals surface area (Å²) in [5.41, 5.74) is 1.45. The van der Waals surface area contributed by atoms with Gasteiger partial charge < -0.3 is 0 Å². The van der Waals surface area contributed by atoms with Crippen LogP contribution in [0.1, 0.15) is 58.6 Å². The quantitative estimate of drug-likeness (QED) is 0.630. The first-order valence-electron chi connectivity index (χ1n) is 6.08. The molecule has 0 saturated heterocycles. The van der Waals surface area contributed by atoms with Gasteiger partial charge in [-0.25, -0.2) is 0 Å². The van der Waals surface area contributed by atoms with Crippen molar-refractivity contribution < 1.29 is 0 Å². The molecule has 0 aliphatic carbocycles. The lowest BCUT2D eigenvalue weighted by atomic mass is 9.83. The van der Waals surface area contributed by atoms with Crippen LogP contribution < -0.4 is 0 Å². The molecule has 0 aromatic carbocycles. The van der Waals surface area contributed by atoms with Crippen molar-refractivity contribution in [3.05, 3.63) is 30.1 Å². The maximum absolute atomic E-state index is 4.45. The normalized spacial score (nSPS) is 11.7. The Kier molecular flexibility index (Phi) is 4.80. The summed E-state index contributed by atoms with van der Waals surface area (Å²) < 4.78 is 0. The summed E-state index contributed by atoms with van der Waals surface area (Å²) in [4.78, 5) is 4.45. The lowest BCUT2D eigenvalue weighted by Gasteiger charge is -2.23. The summed E-state index contributed by atoms with van der Waals surface area (Å²) in [5.74, 6) is 0. The molecule has 15 heavy (non-hydrogen) atoms. The van der Waals surface area contributed by atoms with Crippen molar-refractivity contribution in [1.82, 2.24) is 4.98 Å². The molecule has 0 saturated carbocycles. The standard InChI is InChI=1S/C14H23N/c1-4-5-6-8-11-14(2,3)13-10-7-9-12-15-13/h7,9-10,12H,4-6,8,11H2,1-3H3. The third kappa shape index (κ3) is 4.03. The van der Waals surface area contributed by atoms with E-state index in [0.717, 1.165) is 0 Å². The fourth-order valence-electron chi connectivity index (χ4n) is 1.88. The molecule has 0 aliphatic rings. The Bertz CT molecular complexity index is 264. The van der Waals surface area contributed by atoms with Crippen molar-refractivity contribution in [2.75, 3.05) is 0 Å². The average molecular weight is 205 g/mol. The van der Waals surface area contributed by atoms with Crippen LogP contribution in [0, 0.1) is 0 Å². The van der Waals surface area contributed by atoms with Crippen molar-refractivity contribution >= 4 is 0 Å². The first-order valence-corrected chi connectivity index (χ1v) is 6.08. The van der Waals surface area contributed by atoms with E-state index in [-0.39, 0.29) is 5.41 Å². The number of rotatable bonds is 6. The lowest BCUT2D eigenvalue weighted by molar-refractivity contribution is 0.435. The number of nitrogens with zero attached hydrogens (tertiary/aromatic N) is 1. The third-order valence-corrected chi connectivity index (χ3v) is 3.01. The van der Waals surface area contributed by atoms with Crippen molar-refractivity contribution in [1.29, 1.82) is 0 Å². The van der Waals surface area contributed by atoms with Gasteiger partial charge in [-0.15, -0.1) is 0 Å². The molecule has 0 bridgehead atoms. The number of hydrogen-bond donors (Lipinski definition) is 0. The topological polar surface area (TPSA) is 12.9 Å². The molecule has 0 amide bonds. The third-order valence-electron chi connectivity index (χ3n) is 3.01. The number of aromatic nitrogens is 1. The molecule has 1 heterocycles. The zero-order valence-corrected chi connectivity index (χ0v) is 10.3. The molecule has 0 spiro atoms. The van der Waals surface area contributed by atoms with E-state index in [9.17, 15) is 0 Å². The smallest absolute Gasteiger partial charge is 0.0459 e. The highest BCUT2D eigenvalue weighted by atomic mass is 14.7. The minimum Gasteiger partial charge on any atom is -0.261 e. The summed E-state index contributed by atoms with van der Waals surface area (Å²) in [6.45, 7) is 6.84. The molecule has 0 unspecified atom stereocenters. The van der Waals surface area contributed by atoms with Gasteiger partial charge in [0.25, 0.3) is 0 Å². The fourth-order valence-corrected chi connectivity index (χ4v) is 1.88. The van der Waals surface area contributed by atoms with E-state index in [1.807, 2.05) is 12.3 Å². The van der Waals surface area contributed by atoms with Crippen molar-refractivity contribution in [2.45, 2.75) is 58.3 Å². The number of unbranched alkanes of at least 4 members (excludes halogenated alkanes) is 3. The first-order chi connectivity index (χ1) is 7.17. The van der Waals surface area contributed by atoms with Gasteiger partial charge in [-0.3, -0.25) is 4.98 Å². The molecule has 0 aliphatic heterocycles. The van der Waals surface area contributed by atoms with Gasteiger partial charge in [0.15, 0.2) is 0 Å². The Balaban J connectivity index is 2.45. The monoisotopic (exact) mass is 205 g/mol. The van der Waals surface area contributed by atoms with E-state index in [1.165, 1.54) is 37.8 Å². The Morgan fingerprint density at radius 3 is 2.53 bits per heavy atom. The van der Waals surface area contributed by atoms with Crippen LogP contribution in [-0.4, -0.2) is 4.98 Å². The molecule has 1 nitrogen and oxygen atoms in total. The van der Waals surface area contributed by atoms with Crippen molar-refractivity contribution in [3.8, 4) is 0 Å². The Morgan fingerprint density at radius 2 is 1.93 bits per heavy atom. The van der Waals surface area contributed by atoms with Gasteiger partial charge in [0, 0.05) is 17.3 Å². The molecule has 1 rings (SSSR count). The van der Waals surface area contributed by atoms with Gasteiger partial charge in [0.1, 0.15) is 0 Å². The van der Waals surface area contributed by atoms with Crippen LogP contribution in [0.25, 0.3) is 0 Å². The molecular formula is C14H23N. The molecular weight excluding hydrogens is 182 g/mol. The molecule has 1 aromatic heterocycles. The summed E-state index contributed by atoms with van der Waals surface area (Å²) in [6, 6.07) is 6.20. The van der Waals surface area contributed by atoms with E-state index in [2.05, 4.69) is 37.9 Å². The van der Waals surface area contributed by atoms with E-state index in [1.54, 1.807) is 0 Å². The zero-order valence-electron chi connectivity index (χ0n) is 10.3. The van der Waals surface area contributed by atoms with Gasteiger partial charge >= 0.3 is 0 Å². The molecule has 84 valence electrons. The molecule has 0 radical (unpaired) electrons. The van der Waals surface area contributed by atoms with Crippen LogP contribution in [-0.2, 0) is 5.41 Å². The minimum atomic E-state index is 0.231. The molecule has 1 aromatic rings. The highest BCUT2D eigenvalue weighted by Crippen LogP contribution is 2.27. The van der Waals surface area contributed by atoms with Crippen LogP contribution in [0.4, 0.5) is 0 Å². The van der Waals surface area contributed by atoms with E-state index in [0.29, 0.717) is 0 Å². The van der Waals surface area contributed by atoms with Crippen LogP contribution in [0.15, 0.2) is 24.4 Å². The highest BCUT2D eigenvalue weighted by Gasteiger charge is 2.20. The molecule has 0 fully saturated rings. The lowest BCUT2D eigenvalue weighted by Crippen LogP contribution is -2.18. The van der Waals surface area contributed by atoms with Gasteiger partial charge in [-0.2, -0.15) is 0 Å². The first kappa shape index (κ1) is 12.2. The van der Waals surface area contributed by atoms with Crippen LogP contribution in [0.5, 0.6) is 0 Å². The minimum absolute atomic E-state index is 0.231. The van der Waals surface area contributed by atoms with Crippen molar-refractivity contribution in [2.24, 2.45) is 0 Å². The molecule has 1 heteroatoms. The average Bonchev–Trinajstić information content (AvgIpc) is 2.26. The highest BCUT2D eigenvalue weighted by molar-refractivity contribution is 5.13. The second kappa shape index (κ2) is 5.89. The zero-order chi connectivity index (χ0) is 11.1. The van der Waals surface area contributed by atoms with Gasteiger partial charge in [0.05, 0.1) is 0 Å². The second-order valence-corrected chi connectivity index (χ2v) is 4.91. The SMILES string of the molecule is CCCCCCC(C)(C)c1ccccn1. The summed E-state index contributed by atoms with van der Waals surface area (Å²) in [6.07, 6.45) is 8.47. The van der Waals surface area contributed by atoms with E-state index in [4.69, 9.17) is 0 Å². The van der Waals surface area contributed by atoms with Gasteiger partial charge in [0.2, 0.25) is 0 Å². The largest absolute Gasteiger partial charge is 0.261 e.